The van der Waals surface area contributed by atoms with Gasteiger partial charge in [0.2, 0.25) is 5.82 Å². The zero-order valence-corrected chi connectivity index (χ0v) is 27.8. The molecule has 2 amide bonds. The molecular weight excluding hydrogens is 627 g/mol. The summed E-state index contributed by atoms with van der Waals surface area (Å²) in [6.07, 6.45) is -0.749. The Hall–Kier alpha value is -5.84. The molecule has 1 heterocycles. The molecule has 10 nitrogen and oxygen atoms in total. The number of amides is 2. The second kappa shape index (κ2) is 14.5. The highest BCUT2D eigenvalue weighted by Crippen LogP contribution is 2.27. The Labute approximate surface area is 283 Å². The molecule has 0 saturated heterocycles. The van der Waals surface area contributed by atoms with Crippen molar-refractivity contribution in [3.63, 3.8) is 0 Å². The normalized spacial score (nSPS) is 12.0. The van der Waals surface area contributed by atoms with Gasteiger partial charge in [-0.1, -0.05) is 61.5 Å². The molecule has 0 spiro atoms. The highest BCUT2D eigenvalue weighted by Gasteiger charge is 2.23. The van der Waals surface area contributed by atoms with Crippen LogP contribution >= 0.6 is 0 Å². The van der Waals surface area contributed by atoms with Crippen LogP contribution in [-0.2, 0) is 16.0 Å². The Morgan fingerprint density at radius 1 is 0.898 bits per heavy atom. The number of hydrogen-bond acceptors (Lipinski definition) is 7. The highest BCUT2D eigenvalue weighted by molar-refractivity contribution is 5.97. The van der Waals surface area contributed by atoms with E-state index in [0.29, 0.717) is 28.3 Å². The molecule has 0 radical (unpaired) electrons. The third-order valence-corrected chi connectivity index (χ3v) is 7.56. The van der Waals surface area contributed by atoms with Crippen LogP contribution in [-0.4, -0.2) is 44.9 Å². The Morgan fingerprint density at radius 2 is 1.59 bits per heavy atom. The number of carbonyl (C=O) groups is 3. The monoisotopic (exact) mass is 664 g/mol. The average molecular weight is 665 g/mol. The van der Waals surface area contributed by atoms with Gasteiger partial charge in [-0.2, -0.15) is 4.98 Å². The van der Waals surface area contributed by atoms with E-state index in [1.54, 1.807) is 69.3 Å². The van der Waals surface area contributed by atoms with E-state index in [0.717, 1.165) is 11.1 Å². The van der Waals surface area contributed by atoms with Gasteiger partial charge in [-0.15, -0.1) is 0 Å². The number of rotatable bonds is 10. The lowest BCUT2D eigenvalue weighted by atomic mass is 9.97. The Kier molecular flexibility index (Phi) is 10.2. The molecule has 0 bridgehead atoms. The molecule has 3 N–H and O–H groups in total. The van der Waals surface area contributed by atoms with Crippen molar-refractivity contribution in [2.45, 2.75) is 58.6 Å². The fourth-order valence-electron chi connectivity index (χ4n) is 5.01. The molecule has 5 aromatic rings. The van der Waals surface area contributed by atoms with Gasteiger partial charge in [0.15, 0.2) is 0 Å². The zero-order valence-electron chi connectivity index (χ0n) is 27.8. The number of anilines is 1. The standard InChI is InChI=1S/C38H37FN4O6/c1-22(2)24-10-12-25(13-11-24)27-7-6-8-28(21-27)34(44)41-32(36(45)46)20-23-9-18-30(31(39)19-23)33-42-35(49-43-33)26-14-16-29(17-15-26)40-37(47)48-38(3,4)5/h6-19,21-22,32H,20H2,1-5H3,(H,40,47)(H,41,44)(H,45,46). The summed E-state index contributed by atoms with van der Waals surface area (Å²) in [5.74, 6) is -1.98. The Morgan fingerprint density at radius 3 is 2.22 bits per heavy atom. The molecule has 5 rings (SSSR count). The second-order valence-electron chi connectivity index (χ2n) is 12.9. The molecule has 4 aromatic carbocycles. The first-order valence-electron chi connectivity index (χ1n) is 15.7. The molecule has 0 aliphatic heterocycles. The minimum absolute atomic E-state index is 0.00294. The summed E-state index contributed by atoms with van der Waals surface area (Å²) in [5.41, 5.74) is 4.07. The highest BCUT2D eigenvalue weighted by atomic mass is 19.1. The van der Waals surface area contributed by atoms with Gasteiger partial charge in [0, 0.05) is 23.2 Å². The second-order valence-corrected chi connectivity index (χ2v) is 12.9. The van der Waals surface area contributed by atoms with Crippen molar-refractivity contribution in [1.82, 2.24) is 15.5 Å². The van der Waals surface area contributed by atoms with Crippen LogP contribution in [0.5, 0.6) is 0 Å². The quantitative estimate of drug-likeness (QED) is 0.136. The number of carboxylic acids is 1. The third kappa shape index (κ3) is 8.95. The van der Waals surface area contributed by atoms with Crippen LogP contribution in [0.2, 0.25) is 0 Å². The van der Waals surface area contributed by atoms with Crippen molar-refractivity contribution >= 4 is 23.7 Å². The maximum absolute atomic E-state index is 15.3. The summed E-state index contributed by atoms with van der Waals surface area (Å²) >= 11 is 0. The summed E-state index contributed by atoms with van der Waals surface area (Å²) < 4.78 is 25.9. The van der Waals surface area contributed by atoms with Crippen molar-refractivity contribution in [1.29, 1.82) is 0 Å². The molecule has 0 aliphatic carbocycles. The first kappa shape index (κ1) is 34.5. The number of nitrogens with zero attached hydrogens (tertiary/aromatic N) is 2. The molecule has 1 aromatic heterocycles. The van der Waals surface area contributed by atoms with Gasteiger partial charge >= 0.3 is 12.1 Å². The maximum atomic E-state index is 15.3. The molecular formula is C38H37FN4O6. The summed E-state index contributed by atoms with van der Waals surface area (Å²) in [5, 5.41) is 19.0. The molecule has 11 heteroatoms. The van der Waals surface area contributed by atoms with E-state index in [2.05, 4.69) is 34.6 Å². The minimum atomic E-state index is -1.31. The van der Waals surface area contributed by atoms with Crippen LogP contribution < -0.4 is 10.6 Å². The van der Waals surface area contributed by atoms with Crippen molar-refractivity contribution in [2.24, 2.45) is 0 Å². The zero-order chi connectivity index (χ0) is 35.3. The van der Waals surface area contributed by atoms with E-state index < -0.39 is 35.4 Å². The number of aromatic nitrogens is 2. The van der Waals surface area contributed by atoms with Crippen LogP contribution in [0, 0.1) is 5.82 Å². The van der Waals surface area contributed by atoms with Crippen molar-refractivity contribution in [2.75, 3.05) is 5.32 Å². The van der Waals surface area contributed by atoms with Gasteiger partial charge in [-0.3, -0.25) is 10.1 Å². The third-order valence-electron chi connectivity index (χ3n) is 7.56. The van der Waals surface area contributed by atoms with Crippen LogP contribution in [0.3, 0.4) is 0 Å². The maximum Gasteiger partial charge on any atom is 0.412 e. The van der Waals surface area contributed by atoms with Crippen LogP contribution in [0.25, 0.3) is 34.0 Å². The van der Waals surface area contributed by atoms with Gasteiger partial charge in [0.1, 0.15) is 17.5 Å². The largest absolute Gasteiger partial charge is 0.480 e. The Balaban J connectivity index is 1.24. The van der Waals surface area contributed by atoms with Gasteiger partial charge in [0.25, 0.3) is 11.8 Å². The van der Waals surface area contributed by atoms with Gasteiger partial charge in [-0.05, 0) is 97.5 Å². The minimum Gasteiger partial charge on any atom is -0.480 e. The van der Waals surface area contributed by atoms with Crippen LogP contribution in [0.15, 0.2) is 95.5 Å². The number of ether oxygens (including phenoxy) is 1. The van der Waals surface area contributed by atoms with Crippen molar-refractivity contribution < 1.29 is 33.1 Å². The topological polar surface area (TPSA) is 144 Å². The van der Waals surface area contributed by atoms with E-state index in [4.69, 9.17) is 9.26 Å². The lowest BCUT2D eigenvalue weighted by molar-refractivity contribution is -0.139. The summed E-state index contributed by atoms with van der Waals surface area (Å²) in [4.78, 5) is 41.6. The van der Waals surface area contributed by atoms with Crippen molar-refractivity contribution in [3.05, 3.63) is 114 Å². The van der Waals surface area contributed by atoms with Gasteiger partial charge in [-0.25, -0.2) is 14.0 Å². The van der Waals surface area contributed by atoms with E-state index in [9.17, 15) is 19.5 Å². The van der Waals surface area contributed by atoms with E-state index in [1.165, 1.54) is 17.7 Å². The first-order valence-corrected chi connectivity index (χ1v) is 15.7. The van der Waals surface area contributed by atoms with Gasteiger partial charge < -0.3 is 19.7 Å². The fraction of sp³-hybridized carbons (Fsp3) is 0.237. The molecule has 1 unspecified atom stereocenters. The predicted octanol–water partition coefficient (Wildman–Crippen LogP) is 8.11. The van der Waals surface area contributed by atoms with E-state index in [-0.39, 0.29) is 23.7 Å². The fourth-order valence-corrected chi connectivity index (χ4v) is 5.01. The van der Waals surface area contributed by atoms with E-state index in [1.807, 2.05) is 30.3 Å². The van der Waals surface area contributed by atoms with Gasteiger partial charge in [0.05, 0.1) is 5.56 Å². The molecule has 0 fully saturated rings. The number of halogens is 1. The smallest absolute Gasteiger partial charge is 0.412 e. The Bertz CT molecular complexity index is 1960. The number of carbonyl (C=O) groups excluding carboxylic acids is 2. The van der Waals surface area contributed by atoms with Crippen molar-refractivity contribution in [3.8, 4) is 34.0 Å². The number of nitrogens with one attached hydrogen (secondary N) is 2. The number of hydrogen-bond donors (Lipinski definition) is 3. The van der Waals surface area contributed by atoms with Crippen LogP contribution in [0.1, 0.15) is 62.0 Å². The summed E-state index contributed by atoms with van der Waals surface area (Å²) in [6, 6.07) is 24.5. The molecule has 252 valence electrons. The molecule has 1 atom stereocenters. The molecule has 49 heavy (non-hydrogen) atoms. The van der Waals surface area contributed by atoms with Crippen LogP contribution in [0.4, 0.5) is 14.9 Å². The lowest BCUT2D eigenvalue weighted by Crippen LogP contribution is -2.42. The lowest BCUT2D eigenvalue weighted by Gasteiger charge is -2.19. The number of carboxylic acid groups (broad SMARTS) is 1. The SMILES string of the molecule is CC(C)c1ccc(-c2cccc(C(=O)NC(Cc3ccc(-c4noc(-c5ccc(NC(=O)OC(C)(C)C)cc5)n4)c(F)c3)C(=O)O)c2)cc1. The summed E-state index contributed by atoms with van der Waals surface area (Å²) in [6.45, 7) is 9.52. The first-order chi connectivity index (χ1) is 23.3. The average Bonchev–Trinajstić information content (AvgIpc) is 3.54. The number of benzene rings is 4. The predicted molar refractivity (Wildman–Crippen MR) is 184 cm³/mol. The summed E-state index contributed by atoms with van der Waals surface area (Å²) in [7, 11) is 0. The van der Waals surface area contributed by atoms with E-state index >= 15 is 4.39 Å². The molecule has 0 saturated carbocycles. The molecule has 0 aliphatic rings. The number of aliphatic carboxylic acids is 1.